The minimum atomic E-state index is -3.32. The van der Waals surface area contributed by atoms with Gasteiger partial charge in [0.15, 0.2) is 0 Å². The smallest absolute Gasteiger partial charge is 0.212 e. The Kier molecular flexibility index (Phi) is 6.92. The molecule has 0 radical (unpaired) electrons. The fourth-order valence-corrected chi connectivity index (χ4v) is 2.04. The first-order valence-corrected chi connectivity index (χ1v) is 7.47. The van der Waals surface area contributed by atoms with E-state index in [1.807, 2.05) is 12.1 Å². The molecule has 0 aliphatic heterocycles. The van der Waals surface area contributed by atoms with Crippen LogP contribution in [0.1, 0.15) is 4.88 Å². The summed E-state index contributed by atoms with van der Waals surface area (Å²) in [7, 11) is 1.41. The Morgan fingerprint density at radius 2 is 2.00 bits per heavy atom. The molecule has 2 nitrogen and oxygen atoms in total. The standard InChI is InChI=1S/C6H5ClS.C3H5ClO2S/c1-2-5-3-4-6(7)8-5;1-2-3-7(4,5)6/h2-4H,1H2;2H,1,3H2. The predicted octanol–water partition coefficient (Wildman–Crippen LogP) is 3.79. The van der Waals surface area contributed by atoms with Crippen LogP contribution in [0.2, 0.25) is 4.34 Å². The van der Waals surface area contributed by atoms with Crippen molar-refractivity contribution in [3.63, 3.8) is 0 Å². The van der Waals surface area contributed by atoms with Gasteiger partial charge in [0.05, 0.1) is 10.1 Å². The van der Waals surface area contributed by atoms with Crippen molar-refractivity contribution in [3.05, 3.63) is 40.6 Å². The fraction of sp³-hybridized carbons (Fsp3) is 0.111. The van der Waals surface area contributed by atoms with Gasteiger partial charge in [0, 0.05) is 15.6 Å². The molecule has 0 N–H and O–H groups in total. The Bertz CT molecular complexity index is 421. The topological polar surface area (TPSA) is 34.1 Å². The molecule has 0 amide bonds. The molecule has 1 aromatic heterocycles. The van der Waals surface area contributed by atoms with E-state index in [0.717, 1.165) is 9.21 Å². The van der Waals surface area contributed by atoms with Gasteiger partial charge in [-0.1, -0.05) is 30.3 Å². The van der Waals surface area contributed by atoms with E-state index in [0.29, 0.717) is 0 Å². The molecule has 0 aliphatic carbocycles. The number of rotatable bonds is 3. The van der Waals surface area contributed by atoms with Crippen LogP contribution in [-0.2, 0) is 9.05 Å². The largest absolute Gasteiger partial charge is 0.236 e. The second-order valence-electron chi connectivity index (χ2n) is 2.34. The molecule has 0 unspecified atom stereocenters. The number of thiophene rings is 1. The molecule has 0 spiro atoms. The van der Waals surface area contributed by atoms with E-state index in [1.165, 1.54) is 17.4 Å². The van der Waals surface area contributed by atoms with Crippen molar-refractivity contribution in [1.29, 1.82) is 0 Å². The van der Waals surface area contributed by atoms with Crippen molar-refractivity contribution in [2.75, 3.05) is 5.75 Å². The van der Waals surface area contributed by atoms with Crippen LogP contribution >= 0.6 is 33.6 Å². The summed E-state index contributed by atoms with van der Waals surface area (Å²) in [5.41, 5.74) is 0. The molecule has 0 aliphatic rings. The highest BCUT2D eigenvalue weighted by Gasteiger charge is 1.97. The van der Waals surface area contributed by atoms with Crippen LogP contribution < -0.4 is 0 Å². The maximum Gasteiger partial charge on any atom is 0.236 e. The van der Waals surface area contributed by atoms with Crippen LogP contribution in [0.15, 0.2) is 31.4 Å². The highest BCUT2D eigenvalue weighted by Crippen LogP contribution is 2.21. The first-order chi connectivity index (χ1) is 6.89. The summed E-state index contributed by atoms with van der Waals surface area (Å²) in [6, 6.07) is 3.81. The van der Waals surface area contributed by atoms with Crippen LogP contribution in [0.3, 0.4) is 0 Å². The minimum Gasteiger partial charge on any atom is -0.212 e. The summed E-state index contributed by atoms with van der Waals surface area (Å²) in [4.78, 5) is 1.12. The van der Waals surface area contributed by atoms with E-state index in [-0.39, 0.29) is 5.75 Å². The molecule has 0 aromatic carbocycles. The average Bonchev–Trinajstić information content (AvgIpc) is 2.50. The Morgan fingerprint density at radius 1 is 1.40 bits per heavy atom. The van der Waals surface area contributed by atoms with Gasteiger partial charge >= 0.3 is 0 Å². The third kappa shape index (κ3) is 8.69. The lowest BCUT2D eigenvalue weighted by molar-refractivity contribution is 0.612. The molecule has 84 valence electrons. The van der Waals surface area contributed by atoms with Crippen LogP contribution in [0.5, 0.6) is 0 Å². The third-order valence-corrected chi connectivity index (χ3v) is 3.35. The van der Waals surface area contributed by atoms with Crippen LogP contribution in [0, 0.1) is 0 Å². The zero-order chi connectivity index (χ0) is 11.9. The first kappa shape index (κ1) is 14.7. The van der Waals surface area contributed by atoms with Gasteiger partial charge in [0.1, 0.15) is 0 Å². The zero-order valence-corrected chi connectivity index (χ0v) is 11.0. The summed E-state index contributed by atoms with van der Waals surface area (Å²) in [6.45, 7) is 6.78. The van der Waals surface area contributed by atoms with Gasteiger partial charge in [0.25, 0.3) is 0 Å². The predicted molar refractivity (Wildman–Crippen MR) is 69.3 cm³/mol. The van der Waals surface area contributed by atoms with Gasteiger partial charge in [-0.25, -0.2) is 8.42 Å². The Morgan fingerprint density at radius 3 is 2.13 bits per heavy atom. The number of hydrogen-bond donors (Lipinski definition) is 0. The first-order valence-electron chi connectivity index (χ1n) is 3.80. The summed E-state index contributed by atoms with van der Waals surface area (Å²) in [6.07, 6.45) is 3.03. The van der Waals surface area contributed by atoms with E-state index in [9.17, 15) is 8.42 Å². The highest BCUT2D eigenvalue weighted by molar-refractivity contribution is 8.13. The SMILES string of the molecule is C=CCS(=O)(=O)Cl.C=Cc1ccc(Cl)s1. The normalized spacial score (nSPS) is 10.0. The molecule has 0 saturated heterocycles. The lowest BCUT2D eigenvalue weighted by Crippen LogP contribution is -1.90. The monoisotopic (exact) mass is 284 g/mol. The van der Waals surface area contributed by atoms with Gasteiger partial charge in [-0.3, -0.25) is 0 Å². The second-order valence-corrected chi connectivity index (χ2v) is 6.91. The molecule has 0 saturated carbocycles. The lowest BCUT2D eigenvalue weighted by Gasteiger charge is -1.79. The van der Waals surface area contributed by atoms with Crippen molar-refractivity contribution >= 4 is 48.7 Å². The minimum absolute atomic E-state index is 0.158. The van der Waals surface area contributed by atoms with Crippen LogP contribution in [-0.4, -0.2) is 14.2 Å². The van der Waals surface area contributed by atoms with Crippen molar-refractivity contribution in [1.82, 2.24) is 0 Å². The quantitative estimate of drug-likeness (QED) is 0.625. The van der Waals surface area contributed by atoms with Crippen molar-refractivity contribution < 1.29 is 8.42 Å². The maximum absolute atomic E-state index is 9.93. The van der Waals surface area contributed by atoms with E-state index in [4.69, 9.17) is 22.3 Å². The Balaban J connectivity index is 0.000000265. The van der Waals surface area contributed by atoms with Gasteiger partial charge in [-0.2, -0.15) is 0 Å². The molecular formula is C9H10Cl2O2S2. The number of halogens is 2. The third-order valence-electron chi connectivity index (χ3n) is 1.11. The molecule has 1 rings (SSSR count). The van der Waals surface area contributed by atoms with E-state index < -0.39 is 9.05 Å². The van der Waals surface area contributed by atoms with Crippen molar-refractivity contribution in [3.8, 4) is 0 Å². The van der Waals surface area contributed by atoms with E-state index in [2.05, 4.69) is 13.2 Å². The van der Waals surface area contributed by atoms with Crippen molar-refractivity contribution in [2.45, 2.75) is 0 Å². The fourth-order valence-electron chi connectivity index (χ4n) is 0.579. The zero-order valence-electron chi connectivity index (χ0n) is 7.82. The van der Waals surface area contributed by atoms with Crippen LogP contribution in [0.4, 0.5) is 0 Å². The summed E-state index contributed by atoms with van der Waals surface area (Å²) < 4.78 is 20.7. The van der Waals surface area contributed by atoms with Gasteiger partial charge < -0.3 is 0 Å². The molecule has 0 atom stereocenters. The van der Waals surface area contributed by atoms with E-state index in [1.54, 1.807) is 6.08 Å². The second kappa shape index (κ2) is 7.06. The molecular weight excluding hydrogens is 275 g/mol. The average molecular weight is 285 g/mol. The van der Waals surface area contributed by atoms with Crippen LogP contribution in [0.25, 0.3) is 6.08 Å². The van der Waals surface area contributed by atoms with Crippen molar-refractivity contribution in [2.24, 2.45) is 0 Å². The summed E-state index contributed by atoms with van der Waals surface area (Å²) in [5.74, 6) is -0.158. The van der Waals surface area contributed by atoms with E-state index >= 15 is 0 Å². The molecule has 1 aromatic rings. The molecule has 15 heavy (non-hydrogen) atoms. The van der Waals surface area contributed by atoms with Gasteiger partial charge in [0.2, 0.25) is 9.05 Å². The highest BCUT2D eigenvalue weighted by atomic mass is 35.7. The lowest BCUT2D eigenvalue weighted by atomic mass is 10.5. The molecule has 6 heteroatoms. The maximum atomic E-state index is 9.93. The molecule has 0 fully saturated rings. The summed E-state index contributed by atoms with van der Waals surface area (Å²) >= 11 is 7.15. The Labute approximate surface area is 103 Å². The Hall–Kier alpha value is -0.290. The molecule has 0 bridgehead atoms. The van der Waals surface area contributed by atoms with Gasteiger partial charge in [-0.05, 0) is 12.1 Å². The number of hydrogen-bond acceptors (Lipinski definition) is 3. The summed E-state index contributed by atoms with van der Waals surface area (Å²) in [5, 5.41) is 0. The molecule has 1 heterocycles. The van der Waals surface area contributed by atoms with Gasteiger partial charge in [-0.15, -0.1) is 17.9 Å².